The maximum Gasteiger partial charge on any atom is -0.00133 e. The first-order valence-electron chi connectivity index (χ1n) is 17.7. The Hall–Kier alpha value is -3.64. The van der Waals surface area contributed by atoms with Gasteiger partial charge in [0.15, 0.2) is 0 Å². The number of benzene rings is 4. The highest BCUT2D eigenvalue weighted by Gasteiger charge is 2.39. The molecule has 0 bridgehead atoms. The van der Waals surface area contributed by atoms with Crippen LogP contribution in [0.3, 0.4) is 0 Å². The molecule has 0 heteroatoms. The van der Waals surface area contributed by atoms with Crippen molar-refractivity contribution in [2.75, 3.05) is 0 Å². The van der Waals surface area contributed by atoms with Crippen LogP contribution in [-0.2, 0) is 34.5 Å². The molecule has 8 rings (SSSR count). The van der Waals surface area contributed by atoms with Crippen molar-refractivity contribution in [2.24, 2.45) is 0 Å². The summed E-state index contributed by atoms with van der Waals surface area (Å²) in [5, 5.41) is 0. The van der Waals surface area contributed by atoms with Crippen molar-refractivity contribution in [3.05, 3.63) is 128 Å². The summed E-state index contributed by atoms with van der Waals surface area (Å²) >= 11 is 0. The molecule has 0 fully saturated rings. The van der Waals surface area contributed by atoms with Gasteiger partial charge in [-0.05, 0) is 138 Å². The zero-order valence-electron chi connectivity index (χ0n) is 29.3. The van der Waals surface area contributed by atoms with Crippen molar-refractivity contribution in [3.8, 4) is 11.1 Å². The molecule has 4 aromatic carbocycles. The van der Waals surface area contributed by atoms with E-state index in [0.29, 0.717) is 0 Å². The van der Waals surface area contributed by atoms with Crippen molar-refractivity contribution >= 4 is 23.3 Å². The summed E-state index contributed by atoms with van der Waals surface area (Å²) in [5.41, 5.74) is 21.3. The van der Waals surface area contributed by atoms with Crippen LogP contribution in [0.2, 0.25) is 0 Å². The summed E-state index contributed by atoms with van der Waals surface area (Å²) in [6.45, 7) is 19.5. The van der Waals surface area contributed by atoms with Crippen molar-refractivity contribution in [3.63, 3.8) is 0 Å². The molecule has 0 amide bonds. The Morgan fingerprint density at radius 1 is 0.391 bits per heavy atom. The molecule has 0 spiro atoms. The molecule has 0 heterocycles. The van der Waals surface area contributed by atoms with Gasteiger partial charge in [0.25, 0.3) is 0 Å². The molecule has 0 unspecified atom stereocenters. The molecule has 4 aliphatic carbocycles. The lowest BCUT2D eigenvalue weighted by Crippen LogP contribution is -2.34. The van der Waals surface area contributed by atoms with Crippen LogP contribution < -0.4 is 0 Å². The Balaban J connectivity index is 1.18. The number of allylic oxidation sites excluding steroid dienone is 2. The lowest BCUT2D eigenvalue weighted by molar-refractivity contribution is 0.331. The van der Waals surface area contributed by atoms with Gasteiger partial charge in [-0.15, -0.1) is 0 Å². The lowest BCUT2D eigenvalue weighted by atomic mass is 9.62. The van der Waals surface area contributed by atoms with E-state index in [1.54, 1.807) is 22.3 Å². The summed E-state index contributed by atoms with van der Waals surface area (Å²) in [4.78, 5) is 0. The average molecular weight is 603 g/mol. The van der Waals surface area contributed by atoms with Gasteiger partial charge in [0.2, 0.25) is 0 Å². The predicted octanol–water partition coefficient (Wildman–Crippen LogP) is 12.2. The van der Waals surface area contributed by atoms with Crippen LogP contribution >= 0.6 is 0 Å². The Morgan fingerprint density at radius 3 is 1.04 bits per heavy atom. The molecule has 0 radical (unpaired) electrons. The van der Waals surface area contributed by atoms with Gasteiger partial charge >= 0.3 is 0 Å². The number of fused-ring (bicyclic) bond motifs is 4. The molecule has 0 atom stereocenters. The largest absolute Gasteiger partial charge is 0.0616 e. The van der Waals surface area contributed by atoms with Gasteiger partial charge in [0.1, 0.15) is 0 Å². The standard InChI is InChI=1S/C46H50/c1-43(2)17-18-44(3,4)40-26-30-22-33(21-29(30)25-39(40)43)35-13-9-11-15-37(35)38-16-12-10-14-36(38)34-23-31-27-41-42(28-32(31)24-34)46(7,8)20-19-45(41,5)6/h9-16,21,23,25-28H,17-20,22,24H2,1-8H3. The van der Waals surface area contributed by atoms with E-state index in [1.165, 1.54) is 81.3 Å². The zero-order valence-corrected chi connectivity index (χ0v) is 29.3. The number of hydrogen-bond acceptors (Lipinski definition) is 0. The van der Waals surface area contributed by atoms with Gasteiger partial charge in [-0.3, -0.25) is 0 Å². The highest BCUT2D eigenvalue weighted by Crippen LogP contribution is 2.51. The third-order valence-corrected chi connectivity index (χ3v) is 12.5. The molecular weight excluding hydrogens is 553 g/mol. The topological polar surface area (TPSA) is 0 Å². The summed E-state index contributed by atoms with van der Waals surface area (Å²) in [6, 6.07) is 28.5. The first kappa shape index (κ1) is 29.7. The first-order valence-corrected chi connectivity index (χ1v) is 17.7. The maximum absolute atomic E-state index is 2.56. The molecule has 0 nitrogen and oxygen atoms in total. The van der Waals surface area contributed by atoms with Crippen molar-refractivity contribution in [1.82, 2.24) is 0 Å². The summed E-state index contributed by atoms with van der Waals surface area (Å²) in [6.07, 6.45) is 12.0. The summed E-state index contributed by atoms with van der Waals surface area (Å²) < 4.78 is 0. The summed E-state index contributed by atoms with van der Waals surface area (Å²) in [7, 11) is 0. The predicted molar refractivity (Wildman–Crippen MR) is 198 cm³/mol. The molecule has 0 aromatic heterocycles. The van der Waals surface area contributed by atoms with Gasteiger partial charge in [-0.2, -0.15) is 0 Å². The van der Waals surface area contributed by atoms with Crippen LogP contribution in [0.5, 0.6) is 0 Å². The molecule has 4 aliphatic rings. The Kier molecular flexibility index (Phi) is 6.42. The molecule has 234 valence electrons. The second-order valence-corrected chi connectivity index (χ2v) is 17.5. The molecule has 0 saturated heterocycles. The molecule has 0 saturated carbocycles. The van der Waals surface area contributed by atoms with E-state index in [-0.39, 0.29) is 21.7 Å². The van der Waals surface area contributed by atoms with E-state index in [4.69, 9.17) is 0 Å². The van der Waals surface area contributed by atoms with Gasteiger partial charge < -0.3 is 0 Å². The Labute approximate surface area is 277 Å². The minimum atomic E-state index is 0.227. The second-order valence-electron chi connectivity index (χ2n) is 17.5. The van der Waals surface area contributed by atoms with Crippen LogP contribution in [-0.4, -0.2) is 0 Å². The Bertz CT molecular complexity index is 1840. The van der Waals surface area contributed by atoms with E-state index >= 15 is 0 Å². The number of hydrogen-bond donors (Lipinski definition) is 0. The van der Waals surface area contributed by atoms with Crippen LogP contribution in [0.4, 0.5) is 0 Å². The fraction of sp³-hybridized carbons (Fsp3) is 0.391. The van der Waals surface area contributed by atoms with Gasteiger partial charge in [0, 0.05) is 0 Å². The first-order chi connectivity index (χ1) is 21.7. The van der Waals surface area contributed by atoms with Crippen molar-refractivity contribution in [2.45, 2.75) is 116 Å². The second kappa shape index (κ2) is 9.93. The van der Waals surface area contributed by atoms with E-state index in [0.717, 1.165) is 12.8 Å². The Morgan fingerprint density at radius 2 is 0.696 bits per heavy atom. The highest BCUT2D eigenvalue weighted by molar-refractivity contribution is 5.99. The third-order valence-electron chi connectivity index (χ3n) is 12.5. The van der Waals surface area contributed by atoms with Crippen LogP contribution in [0, 0.1) is 0 Å². The smallest absolute Gasteiger partial charge is 0.00133 e. The molecule has 4 aromatic rings. The molecule has 46 heavy (non-hydrogen) atoms. The van der Waals surface area contributed by atoms with E-state index in [9.17, 15) is 0 Å². The SMILES string of the molecule is CC1(C)CCC(C)(C)c2cc3c(cc21)C=C(c1ccccc1-c1ccccc1C1=Cc2cc4c(cc2C1)C(C)(C)CCC4(C)C)C3. The molecule has 0 aliphatic heterocycles. The fourth-order valence-electron chi connectivity index (χ4n) is 9.16. The fourth-order valence-corrected chi connectivity index (χ4v) is 9.16. The lowest BCUT2D eigenvalue weighted by Gasteiger charge is -2.42. The number of rotatable bonds is 3. The average Bonchev–Trinajstić information content (AvgIpc) is 3.64. The highest BCUT2D eigenvalue weighted by atomic mass is 14.4. The van der Waals surface area contributed by atoms with E-state index in [2.05, 4.69) is 140 Å². The monoisotopic (exact) mass is 602 g/mol. The van der Waals surface area contributed by atoms with Gasteiger partial charge in [0.05, 0.1) is 0 Å². The van der Waals surface area contributed by atoms with E-state index in [1.807, 2.05) is 0 Å². The van der Waals surface area contributed by atoms with Crippen LogP contribution in [0.1, 0.15) is 137 Å². The maximum atomic E-state index is 2.56. The molecular formula is C46H50. The normalized spacial score (nSPS) is 21.0. The van der Waals surface area contributed by atoms with Gasteiger partial charge in [-0.25, -0.2) is 0 Å². The minimum absolute atomic E-state index is 0.227. The zero-order chi connectivity index (χ0) is 32.2. The van der Waals surface area contributed by atoms with E-state index < -0.39 is 0 Å². The van der Waals surface area contributed by atoms with Crippen molar-refractivity contribution in [1.29, 1.82) is 0 Å². The van der Waals surface area contributed by atoms with Crippen molar-refractivity contribution < 1.29 is 0 Å². The van der Waals surface area contributed by atoms with Gasteiger partial charge in [-0.1, -0.05) is 140 Å². The minimum Gasteiger partial charge on any atom is -0.0616 e. The summed E-state index contributed by atoms with van der Waals surface area (Å²) in [5.74, 6) is 0. The quantitative estimate of drug-likeness (QED) is 0.219. The van der Waals surface area contributed by atoms with Crippen LogP contribution in [0.15, 0.2) is 72.8 Å². The third kappa shape index (κ3) is 4.62. The van der Waals surface area contributed by atoms with Crippen LogP contribution in [0.25, 0.3) is 34.4 Å². The molecule has 0 N–H and O–H groups in total.